The third-order valence-corrected chi connectivity index (χ3v) is 5.45. The molecule has 0 spiro atoms. The minimum atomic E-state index is -3.40. The van der Waals surface area contributed by atoms with Gasteiger partial charge in [-0.1, -0.05) is 5.16 Å². The van der Waals surface area contributed by atoms with Crippen LogP contribution in [0.5, 0.6) is 0 Å². The molecule has 8 heteroatoms. The molecule has 2 heterocycles. The van der Waals surface area contributed by atoms with Crippen molar-refractivity contribution in [3.05, 3.63) is 58.7 Å². The Balaban J connectivity index is 1.74. The highest BCUT2D eigenvalue weighted by molar-refractivity contribution is 7.89. The van der Waals surface area contributed by atoms with E-state index in [2.05, 4.69) is 10.1 Å². The monoisotopic (exact) mass is 352 g/mol. The van der Waals surface area contributed by atoms with Crippen molar-refractivity contribution in [3.63, 3.8) is 0 Å². The second-order valence-electron chi connectivity index (χ2n) is 5.12. The van der Waals surface area contributed by atoms with Gasteiger partial charge in [-0.25, -0.2) is 17.8 Å². The van der Waals surface area contributed by atoms with Gasteiger partial charge in [0.05, 0.1) is 17.1 Å². The maximum atomic E-state index is 12.9. The molecule has 0 aliphatic rings. The van der Waals surface area contributed by atoms with E-state index < -0.39 is 9.84 Å². The van der Waals surface area contributed by atoms with E-state index in [-0.39, 0.29) is 17.3 Å². The average molecular weight is 352 g/mol. The van der Waals surface area contributed by atoms with E-state index in [0.29, 0.717) is 22.2 Å². The third-order valence-electron chi connectivity index (χ3n) is 3.05. The number of halogens is 1. The molecule has 2 aromatic heterocycles. The minimum absolute atomic E-state index is 0.176. The number of hydrogen-bond donors (Lipinski definition) is 0. The van der Waals surface area contributed by atoms with Crippen molar-refractivity contribution in [2.45, 2.75) is 18.4 Å². The molecular weight excluding hydrogens is 339 g/mol. The minimum Gasteiger partial charge on any atom is -0.360 e. The Morgan fingerprint density at radius 2 is 1.96 bits per heavy atom. The van der Waals surface area contributed by atoms with Crippen LogP contribution >= 0.6 is 11.3 Å². The first-order chi connectivity index (χ1) is 10.9. The molecule has 0 bridgehead atoms. The SMILES string of the molecule is Cc1cc(CS(=O)(=O)Cc2csc(-c3ccc(F)cc3)n2)on1. The molecule has 0 unspecified atom stereocenters. The first-order valence-corrected chi connectivity index (χ1v) is 9.44. The van der Waals surface area contributed by atoms with Crippen LogP contribution in [-0.2, 0) is 21.3 Å². The Labute approximate surface area is 136 Å². The first-order valence-electron chi connectivity index (χ1n) is 6.74. The maximum Gasteiger partial charge on any atom is 0.163 e. The Morgan fingerprint density at radius 1 is 1.22 bits per heavy atom. The molecule has 0 saturated heterocycles. The molecule has 0 aliphatic carbocycles. The predicted molar refractivity (Wildman–Crippen MR) is 85.1 cm³/mol. The van der Waals surface area contributed by atoms with Gasteiger partial charge >= 0.3 is 0 Å². The van der Waals surface area contributed by atoms with Gasteiger partial charge < -0.3 is 4.52 Å². The van der Waals surface area contributed by atoms with Crippen molar-refractivity contribution in [1.29, 1.82) is 0 Å². The smallest absolute Gasteiger partial charge is 0.163 e. The maximum absolute atomic E-state index is 12.9. The first kappa shape index (κ1) is 15.8. The molecule has 0 fully saturated rings. The summed E-state index contributed by atoms with van der Waals surface area (Å²) < 4.78 is 42.3. The van der Waals surface area contributed by atoms with Gasteiger partial charge in [-0.2, -0.15) is 0 Å². The molecular formula is C15H13FN2O3S2. The highest BCUT2D eigenvalue weighted by atomic mass is 32.2. The number of aryl methyl sites for hydroxylation is 1. The Hall–Kier alpha value is -2.06. The molecule has 23 heavy (non-hydrogen) atoms. The standard InChI is InChI=1S/C15H13FN2O3S2/c1-10-6-14(21-18-10)9-23(19,20)8-13-7-22-15(17-13)11-2-4-12(16)5-3-11/h2-7H,8-9H2,1H3. The van der Waals surface area contributed by atoms with E-state index in [0.717, 1.165) is 5.56 Å². The molecule has 3 aromatic rings. The van der Waals surface area contributed by atoms with Gasteiger partial charge in [-0.15, -0.1) is 11.3 Å². The summed E-state index contributed by atoms with van der Waals surface area (Å²) >= 11 is 1.33. The van der Waals surface area contributed by atoms with Crippen molar-refractivity contribution in [3.8, 4) is 10.6 Å². The lowest BCUT2D eigenvalue weighted by Gasteiger charge is -1.99. The Bertz CT molecular complexity index is 914. The summed E-state index contributed by atoms with van der Waals surface area (Å²) in [6.07, 6.45) is 0. The fourth-order valence-electron chi connectivity index (χ4n) is 2.08. The van der Waals surface area contributed by atoms with Crippen molar-refractivity contribution in [2.24, 2.45) is 0 Å². The summed E-state index contributed by atoms with van der Waals surface area (Å²) in [5, 5.41) is 6.03. The van der Waals surface area contributed by atoms with Crippen LogP contribution in [0.4, 0.5) is 4.39 Å². The van der Waals surface area contributed by atoms with Gasteiger partial charge in [0, 0.05) is 17.0 Å². The van der Waals surface area contributed by atoms with Gasteiger partial charge in [0.2, 0.25) is 0 Å². The lowest BCUT2D eigenvalue weighted by molar-refractivity contribution is 0.388. The van der Waals surface area contributed by atoms with Crippen molar-refractivity contribution < 1.29 is 17.3 Å². The van der Waals surface area contributed by atoms with Crippen LogP contribution in [0.1, 0.15) is 17.1 Å². The fourth-order valence-corrected chi connectivity index (χ4v) is 4.28. The van der Waals surface area contributed by atoms with E-state index >= 15 is 0 Å². The predicted octanol–water partition coefficient (Wildman–Crippen LogP) is 3.36. The zero-order chi connectivity index (χ0) is 16.4. The number of benzene rings is 1. The second kappa shape index (κ2) is 6.21. The topological polar surface area (TPSA) is 73.1 Å². The van der Waals surface area contributed by atoms with Crippen molar-refractivity contribution in [1.82, 2.24) is 10.1 Å². The Kier molecular flexibility index (Phi) is 4.27. The number of aromatic nitrogens is 2. The highest BCUT2D eigenvalue weighted by Gasteiger charge is 2.18. The van der Waals surface area contributed by atoms with Crippen LogP contribution in [0.2, 0.25) is 0 Å². The molecule has 0 saturated carbocycles. The summed E-state index contributed by atoms with van der Waals surface area (Å²) in [7, 11) is -3.40. The zero-order valence-corrected chi connectivity index (χ0v) is 13.8. The fraction of sp³-hybridized carbons (Fsp3) is 0.200. The summed E-state index contributed by atoms with van der Waals surface area (Å²) in [6.45, 7) is 1.73. The van der Waals surface area contributed by atoms with E-state index in [1.54, 1.807) is 30.5 Å². The van der Waals surface area contributed by atoms with Gasteiger partial charge in [0.25, 0.3) is 0 Å². The molecule has 0 radical (unpaired) electrons. The number of hydrogen-bond acceptors (Lipinski definition) is 6. The highest BCUT2D eigenvalue weighted by Crippen LogP contribution is 2.25. The molecule has 0 atom stereocenters. The van der Waals surface area contributed by atoms with Crippen LogP contribution in [0.15, 0.2) is 40.2 Å². The molecule has 5 nitrogen and oxygen atoms in total. The van der Waals surface area contributed by atoms with Gasteiger partial charge in [-0.05, 0) is 31.2 Å². The van der Waals surface area contributed by atoms with E-state index in [4.69, 9.17) is 4.52 Å². The molecule has 120 valence electrons. The lowest BCUT2D eigenvalue weighted by atomic mass is 10.2. The summed E-state index contributed by atoms with van der Waals surface area (Å²) in [4.78, 5) is 4.31. The summed E-state index contributed by atoms with van der Waals surface area (Å²) in [5.41, 5.74) is 1.86. The zero-order valence-electron chi connectivity index (χ0n) is 12.2. The summed E-state index contributed by atoms with van der Waals surface area (Å²) in [6, 6.07) is 7.52. The van der Waals surface area contributed by atoms with Gasteiger partial charge in [0.15, 0.2) is 15.6 Å². The normalized spacial score (nSPS) is 11.7. The quantitative estimate of drug-likeness (QED) is 0.704. The van der Waals surface area contributed by atoms with Crippen molar-refractivity contribution >= 4 is 21.2 Å². The number of thiazole rings is 1. The summed E-state index contributed by atoms with van der Waals surface area (Å²) in [5.74, 6) is -0.395. The van der Waals surface area contributed by atoms with E-state index in [1.807, 2.05) is 0 Å². The largest absolute Gasteiger partial charge is 0.360 e. The second-order valence-corrected chi connectivity index (χ2v) is 8.04. The van der Waals surface area contributed by atoms with Crippen LogP contribution < -0.4 is 0 Å². The third kappa shape index (κ3) is 4.02. The van der Waals surface area contributed by atoms with E-state index in [9.17, 15) is 12.8 Å². The van der Waals surface area contributed by atoms with Crippen LogP contribution in [0.25, 0.3) is 10.6 Å². The van der Waals surface area contributed by atoms with Crippen LogP contribution in [-0.4, -0.2) is 18.6 Å². The van der Waals surface area contributed by atoms with Gasteiger partial charge in [-0.3, -0.25) is 0 Å². The number of nitrogens with zero attached hydrogens (tertiary/aromatic N) is 2. The molecule has 0 amide bonds. The molecule has 1 aromatic carbocycles. The number of rotatable bonds is 5. The van der Waals surface area contributed by atoms with Gasteiger partial charge in [0.1, 0.15) is 16.6 Å². The lowest BCUT2D eigenvalue weighted by Crippen LogP contribution is -2.07. The molecule has 0 aliphatic heterocycles. The average Bonchev–Trinajstić information content (AvgIpc) is 3.08. The number of sulfone groups is 1. The molecule has 3 rings (SSSR count). The van der Waals surface area contributed by atoms with E-state index in [1.165, 1.54) is 23.5 Å². The molecule has 0 N–H and O–H groups in total. The van der Waals surface area contributed by atoms with Crippen LogP contribution in [0.3, 0.4) is 0 Å². The Morgan fingerprint density at radius 3 is 2.61 bits per heavy atom. The van der Waals surface area contributed by atoms with Crippen molar-refractivity contribution in [2.75, 3.05) is 0 Å². The van der Waals surface area contributed by atoms with Crippen LogP contribution in [0, 0.1) is 12.7 Å².